The predicted octanol–water partition coefficient (Wildman–Crippen LogP) is 2.46. The van der Waals surface area contributed by atoms with Crippen LogP contribution in [0.15, 0.2) is 16.7 Å². The Bertz CT molecular complexity index is 561. The summed E-state index contributed by atoms with van der Waals surface area (Å²) in [5.41, 5.74) is 3.33. The van der Waals surface area contributed by atoms with E-state index in [9.17, 15) is 13.2 Å². The Balaban J connectivity index is 2.57. The molecule has 0 aliphatic carbocycles. The Labute approximate surface area is 103 Å². The third-order valence-corrected chi connectivity index (χ3v) is 2.82. The van der Waals surface area contributed by atoms with Gasteiger partial charge in [0.2, 0.25) is 0 Å². The minimum Gasteiger partial charge on any atom is -0.339 e. The van der Waals surface area contributed by atoms with Crippen molar-refractivity contribution >= 4 is 27.1 Å². The molecule has 0 saturated heterocycles. The summed E-state index contributed by atoms with van der Waals surface area (Å²) in [6.07, 6.45) is -3.13. The van der Waals surface area contributed by atoms with E-state index in [0.717, 1.165) is 6.92 Å². The molecule has 1 unspecified atom stereocenters. The van der Waals surface area contributed by atoms with E-state index in [1.807, 2.05) is 0 Å². The van der Waals surface area contributed by atoms with Gasteiger partial charge in [-0.1, -0.05) is 0 Å². The molecule has 2 rings (SSSR count). The summed E-state index contributed by atoms with van der Waals surface area (Å²) in [5.74, 6) is -0.356. The molecule has 0 spiro atoms. The van der Waals surface area contributed by atoms with Crippen molar-refractivity contribution in [3.05, 3.63) is 22.6 Å². The van der Waals surface area contributed by atoms with Crippen LogP contribution in [0.5, 0.6) is 0 Å². The number of fused-ring (bicyclic) bond motifs is 1. The van der Waals surface area contributed by atoms with Crippen LogP contribution < -0.4 is 5.73 Å². The van der Waals surface area contributed by atoms with E-state index in [1.54, 1.807) is 6.07 Å². The van der Waals surface area contributed by atoms with E-state index < -0.39 is 11.7 Å². The number of hydrogen-bond donors (Lipinski definition) is 2. The number of H-pyrrole nitrogens is 1. The molecule has 0 saturated carbocycles. The van der Waals surface area contributed by atoms with Crippen LogP contribution in [0.1, 0.15) is 12.7 Å². The third kappa shape index (κ3) is 2.02. The third-order valence-electron chi connectivity index (χ3n) is 2.38. The van der Waals surface area contributed by atoms with Crippen LogP contribution >= 0.6 is 15.9 Å². The highest BCUT2D eigenvalue weighted by Gasteiger charge is 2.51. The average molecular weight is 309 g/mol. The molecular formula is C9H8BrF3N4. The largest absolute Gasteiger partial charge is 0.413 e. The minimum absolute atomic E-state index is 0.198. The molecule has 17 heavy (non-hydrogen) atoms. The summed E-state index contributed by atoms with van der Waals surface area (Å²) >= 11 is 3.17. The molecule has 2 aromatic heterocycles. The zero-order valence-electron chi connectivity index (χ0n) is 8.64. The summed E-state index contributed by atoms with van der Waals surface area (Å²) in [5, 5.41) is 0. The Morgan fingerprint density at radius 1 is 1.41 bits per heavy atom. The van der Waals surface area contributed by atoms with Crippen molar-refractivity contribution in [2.75, 3.05) is 0 Å². The first kappa shape index (κ1) is 12.3. The zero-order valence-corrected chi connectivity index (χ0v) is 10.2. The fraction of sp³-hybridized carbons (Fsp3) is 0.333. The number of imidazole rings is 1. The van der Waals surface area contributed by atoms with Crippen molar-refractivity contribution < 1.29 is 13.2 Å². The Morgan fingerprint density at radius 3 is 2.65 bits per heavy atom. The molecule has 0 bridgehead atoms. The van der Waals surface area contributed by atoms with Gasteiger partial charge >= 0.3 is 6.18 Å². The number of hydrogen-bond acceptors (Lipinski definition) is 3. The van der Waals surface area contributed by atoms with Crippen LogP contribution in [0.25, 0.3) is 11.2 Å². The molecular weight excluding hydrogens is 301 g/mol. The topological polar surface area (TPSA) is 67.6 Å². The van der Waals surface area contributed by atoms with Crippen LogP contribution in [0.2, 0.25) is 0 Å². The lowest BCUT2D eigenvalue weighted by molar-refractivity contribution is -0.186. The van der Waals surface area contributed by atoms with Gasteiger partial charge < -0.3 is 10.7 Å². The molecule has 0 fully saturated rings. The summed E-state index contributed by atoms with van der Waals surface area (Å²) in [7, 11) is 0. The van der Waals surface area contributed by atoms with Gasteiger partial charge in [0.1, 0.15) is 5.82 Å². The highest BCUT2D eigenvalue weighted by molar-refractivity contribution is 9.10. The maximum atomic E-state index is 12.7. The van der Waals surface area contributed by atoms with E-state index in [1.165, 1.54) is 6.20 Å². The smallest absolute Gasteiger partial charge is 0.339 e. The summed E-state index contributed by atoms with van der Waals surface area (Å²) in [6.45, 7) is 0.861. The predicted molar refractivity (Wildman–Crippen MR) is 59.2 cm³/mol. The molecule has 2 heterocycles. The minimum atomic E-state index is -4.59. The zero-order chi connectivity index (χ0) is 12.8. The number of aromatic amines is 1. The monoisotopic (exact) mass is 308 g/mol. The van der Waals surface area contributed by atoms with Gasteiger partial charge in [0.25, 0.3) is 0 Å². The van der Waals surface area contributed by atoms with Crippen molar-refractivity contribution in [1.82, 2.24) is 15.0 Å². The van der Waals surface area contributed by atoms with Crippen LogP contribution in [0, 0.1) is 0 Å². The van der Waals surface area contributed by atoms with Crippen molar-refractivity contribution in [3.8, 4) is 0 Å². The molecule has 1 atom stereocenters. The number of nitrogens with one attached hydrogen (secondary N) is 1. The van der Waals surface area contributed by atoms with E-state index in [-0.39, 0.29) is 11.5 Å². The first-order chi connectivity index (χ1) is 7.72. The maximum absolute atomic E-state index is 12.7. The quantitative estimate of drug-likeness (QED) is 0.850. The molecule has 8 heteroatoms. The number of aromatic nitrogens is 3. The molecule has 0 aliphatic heterocycles. The molecule has 2 aromatic rings. The van der Waals surface area contributed by atoms with Crippen molar-refractivity contribution in [1.29, 1.82) is 0 Å². The summed E-state index contributed by atoms with van der Waals surface area (Å²) in [4.78, 5) is 10.2. The number of alkyl halides is 3. The average Bonchev–Trinajstić information content (AvgIpc) is 2.58. The lowest BCUT2D eigenvalue weighted by Crippen LogP contribution is -2.48. The molecule has 0 amide bonds. The van der Waals surface area contributed by atoms with E-state index in [0.29, 0.717) is 9.99 Å². The Morgan fingerprint density at radius 2 is 2.06 bits per heavy atom. The second kappa shape index (κ2) is 3.67. The van der Waals surface area contributed by atoms with Crippen LogP contribution in [-0.2, 0) is 5.54 Å². The van der Waals surface area contributed by atoms with Crippen LogP contribution in [-0.4, -0.2) is 21.1 Å². The summed E-state index contributed by atoms with van der Waals surface area (Å²) < 4.78 is 38.8. The number of nitrogens with two attached hydrogens (primary N) is 1. The lowest BCUT2D eigenvalue weighted by atomic mass is 10.0. The van der Waals surface area contributed by atoms with Crippen LogP contribution in [0.3, 0.4) is 0 Å². The SMILES string of the molecule is CC(N)(c1nc2ncc(Br)cc2[nH]1)C(F)(F)F. The van der Waals surface area contributed by atoms with Gasteiger partial charge in [0.05, 0.1) is 5.52 Å². The van der Waals surface area contributed by atoms with Gasteiger partial charge in [-0.05, 0) is 28.9 Å². The Hall–Kier alpha value is -1.15. The number of pyridine rings is 1. The highest BCUT2D eigenvalue weighted by Crippen LogP contribution is 2.35. The fourth-order valence-corrected chi connectivity index (χ4v) is 1.59. The normalized spacial score (nSPS) is 16.1. The number of halogens is 4. The molecule has 0 aromatic carbocycles. The van der Waals surface area contributed by atoms with Crippen molar-refractivity contribution in [3.63, 3.8) is 0 Å². The standard InChI is InChI=1S/C9H8BrF3N4/c1-8(14,9(11,12)13)7-16-5-2-4(10)3-15-6(5)17-7/h2-3H,14H2,1H3,(H,15,16,17). The fourth-order valence-electron chi connectivity index (χ4n) is 1.25. The van der Waals surface area contributed by atoms with E-state index >= 15 is 0 Å². The second-order valence-electron chi connectivity index (χ2n) is 3.81. The first-order valence-corrected chi connectivity index (χ1v) is 5.38. The first-order valence-electron chi connectivity index (χ1n) is 4.59. The van der Waals surface area contributed by atoms with Crippen molar-refractivity contribution in [2.24, 2.45) is 5.73 Å². The van der Waals surface area contributed by atoms with Crippen molar-refractivity contribution in [2.45, 2.75) is 18.6 Å². The summed E-state index contributed by atoms with van der Waals surface area (Å²) in [6, 6.07) is 1.59. The maximum Gasteiger partial charge on any atom is 0.413 e. The number of rotatable bonds is 1. The molecule has 3 N–H and O–H groups in total. The van der Waals surface area contributed by atoms with Gasteiger partial charge in [0, 0.05) is 10.7 Å². The number of nitrogens with zero attached hydrogens (tertiary/aromatic N) is 2. The molecule has 92 valence electrons. The molecule has 4 nitrogen and oxygen atoms in total. The van der Waals surface area contributed by atoms with Gasteiger partial charge in [-0.15, -0.1) is 0 Å². The molecule has 0 aliphatic rings. The van der Waals surface area contributed by atoms with Gasteiger partial charge in [-0.25, -0.2) is 9.97 Å². The highest BCUT2D eigenvalue weighted by atomic mass is 79.9. The second-order valence-corrected chi connectivity index (χ2v) is 4.73. The molecule has 0 radical (unpaired) electrons. The Kier molecular flexibility index (Phi) is 2.66. The van der Waals surface area contributed by atoms with E-state index in [2.05, 4.69) is 30.9 Å². The van der Waals surface area contributed by atoms with Gasteiger partial charge in [0.15, 0.2) is 11.2 Å². The van der Waals surface area contributed by atoms with Crippen LogP contribution in [0.4, 0.5) is 13.2 Å². The van der Waals surface area contributed by atoms with Gasteiger partial charge in [-0.2, -0.15) is 13.2 Å². The van der Waals surface area contributed by atoms with E-state index in [4.69, 9.17) is 5.73 Å². The van der Waals surface area contributed by atoms with Gasteiger partial charge in [-0.3, -0.25) is 0 Å². The lowest BCUT2D eigenvalue weighted by Gasteiger charge is -2.24.